The van der Waals surface area contributed by atoms with Crippen LogP contribution in [0, 0.1) is 5.41 Å². The van der Waals surface area contributed by atoms with E-state index < -0.39 is 17.3 Å². The van der Waals surface area contributed by atoms with Gasteiger partial charge in [-0.1, -0.05) is 19.9 Å². The van der Waals surface area contributed by atoms with Crippen LogP contribution in [0.25, 0.3) is 11.4 Å². The summed E-state index contributed by atoms with van der Waals surface area (Å²) >= 11 is 0. The molecule has 0 aliphatic heterocycles. The Bertz CT molecular complexity index is 873. The third kappa shape index (κ3) is 3.06. The number of carbonyl (C=O) groups excluding carboxylic acids is 1. The summed E-state index contributed by atoms with van der Waals surface area (Å²) in [6.07, 6.45) is -0.872. The summed E-state index contributed by atoms with van der Waals surface area (Å²) in [5.41, 5.74) is 4.02. The number of nitrogens with two attached hydrogens (primary N) is 1. The minimum absolute atomic E-state index is 0.0248. The van der Waals surface area contributed by atoms with Crippen molar-refractivity contribution in [2.24, 2.45) is 12.5 Å². The monoisotopic (exact) mass is 353 g/mol. The molecule has 25 heavy (non-hydrogen) atoms. The minimum atomic E-state index is -4.74. The summed E-state index contributed by atoms with van der Waals surface area (Å²) in [7, 11) is 1.63. The lowest BCUT2D eigenvalue weighted by molar-refractivity contribution is -0.141. The van der Waals surface area contributed by atoms with Gasteiger partial charge in [-0.15, -0.1) is 0 Å². The minimum Gasteiger partial charge on any atom is -0.383 e. The van der Waals surface area contributed by atoms with Crippen molar-refractivity contribution in [3.05, 3.63) is 29.6 Å². The molecule has 2 aromatic rings. The van der Waals surface area contributed by atoms with E-state index in [1.54, 1.807) is 19.3 Å². The van der Waals surface area contributed by atoms with Crippen molar-refractivity contribution in [1.82, 2.24) is 19.6 Å². The van der Waals surface area contributed by atoms with Gasteiger partial charge in [-0.2, -0.15) is 28.1 Å². The van der Waals surface area contributed by atoms with Crippen LogP contribution in [0.5, 0.6) is 0 Å². The highest BCUT2D eigenvalue weighted by molar-refractivity contribution is 6.23. The largest absolute Gasteiger partial charge is 0.435 e. The molecule has 1 aliphatic carbocycles. The number of aryl methyl sites for hydroxylation is 1. The molecular formula is C16H18F3N5O. The molecule has 0 unspecified atom stereocenters. The highest BCUT2D eigenvalue weighted by atomic mass is 19.4. The molecule has 6 nitrogen and oxygen atoms in total. The quantitative estimate of drug-likeness (QED) is 0.900. The molecule has 2 heterocycles. The number of allylic oxidation sites excluding steroid dienone is 2. The lowest BCUT2D eigenvalue weighted by atomic mass is 9.77. The van der Waals surface area contributed by atoms with Gasteiger partial charge < -0.3 is 5.73 Å². The lowest BCUT2D eigenvalue weighted by Gasteiger charge is -2.26. The van der Waals surface area contributed by atoms with Crippen molar-refractivity contribution in [3.8, 4) is 5.82 Å². The Morgan fingerprint density at radius 1 is 1.28 bits per heavy atom. The van der Waals surface area contributed by atoms with E-state index in [2.05, 4.69) is 10.2 Å². The van der Waals surface area contributed by atoms with Crippen LogP contribution in [0.3, 0.4) is 0 Å². The number of anilines is 1. The predicted octanol–water partition coefficient (Wildman–Crippen LogP) is 2.98. The Morgan fingerprint density at radius 2 is 1.96 bits per heavy atom. The van der Waals surface area contributed by atoms with E-state index in [9.17, 15) is 18.0 Å². The lowest BCUT2D eigenvalue weighted by Crippen LogP contribution is -2.21. The Hall–Kier alpha value is -2.58. The van der Waals surface area contributed by atoms with Gasteiger partial charge >= 0.3 is 6.18 Å². The molecular weight excluding hydrogens is 335 g/mol. The highest BCUT2D eigenvalue weighted by Crippen LogP contribution is 2.43. The van der Waals surface area contributed by atoms with Crippen molar-refractivity contribution in [1.29, 1.82) is 0 Å². The van der Waals surface area contributed by atoms with Gasteiger partial charge in [0.1, 0.15) is 5.82 Å². The molecule has 3 rings (SSSR count). The fraction of sp³-hybridized carbons (Fsp3) is 0.438. The van der Waals surface area contributed by atoms with Gasteiger partial charge in [0.15, 0.2) is 17.3 Å². The van der Waals surface area contributed by atoms with Crippen LogP contribution in [0.15, 0.2) is 18.3 Å². The van der Waals surface area contributed by atoms with Gasteiger partial charge in [0.2, 0.25) is 0 Å². The number of alkyl halides is 3. The fourth-order valence-electron chi connectivity index (χ4n) is 2.91. The molecule has 0 bridgehead atoms. The first kappa shape index (κ1) is 17.2. The van der Waals surface area contributed by atoms with Crippen LogP contribution in [-0.4, -0.2) is 25.3 Å². The molecule has 0 spiro atoms. The average Bonchev–Trinajstić information content (AvgIpc) is 3.05. The summed E-state index contributed by atoms with van der Waals surface area (Å²) < 4.78 is 43.0. The van der Waals surface area contributed by atoms with Gasteiger partial charge in [-0.3, -0.25) is 9.48 Å². The highest BCUT2D eigenvalue weighted by Gasteiger charge is 2.42. The van der Waals surface area contributed by atoms with Crippen molar-refractivity contribution in [3.63, 3.8) is 0 Å². The number of halogens is 3. The first-order valence-corrected chi connectivity index (χ1v) is 7.72. The van der Waals surface area contributed by atoms with E-state index in [-0.39, 0.29) is 35.0 Å². The van der Waals surface area contributed by atoms with Crippen molar-refractivity contribution >= 4 is 17.2 Å². The SMILES string of the molecule is Cn1ccc(-n2nc(C(F)(F)F)c(C3=CC(C)(C)CCC3=O)c2N)n1. The number of nitrogens with zero attached hydrogens (tertiary/aromatic N) is 4. The van der Waals surface area contributed by atoms with Crippen LogP contribution in [0.4, 0.5) is 19.0 Å². The molecule has 0 radical (unpaired) electrons. The second-order valence-electron chi connectivity index (χ2n) is 6.84. The molecule has 0 fully saturated rings. The molecule has 0 atom stereocenters. The summed E-state index contributed by atoms with van der Waals surface area (Å²) in [5.74, 6) is -0.458. The number of nitrogen functional groups attached to an aromatic ring is 1. The smallest absolute Gasteiger partial charge is 0.383 e. The van der Waals surface area contributed by atoms with E-state index in [4.69, 9.17) is 5.73 Å². The normalized spacial score (nSPS) is 17.7. The maximum Gasteiger partial charge on any atom is 0.435 e. The molecule has 0 saturated heterocycles. The predicted molar refractivity (Wildman–Crippen MR) is 85.7 cm³/mol. The number of hydrogen-bond acceptors (Lipinski definition) is 4. The standard InChI is InChI=1S/C16H18F3N5O/c1-15(2)6-4-10(25)9(8-15)12-13(16(17,18)19)22-24(14(12)20)11-5-7-23(3)21-11/h5,7-8H,4,6,20H2,1-3H3. The Balaban J connectivity index is 2.27. The zero-order valence-electron chi connectivity index (χ0n) is 14.1. The van der Waals surface area contributed by atoms with Crippen molar-refractivity contribution < 1.29 is 18.0 Å². The van der Waals surface area contributed by atoms with Crippen LogP contribution < -0.4 is 5.73 Å². The number of Topliss-reactive ketones (excluding diaryl/α,β-unsaturated/α-hetero) is 1. The summed E-state index contributed by atoms with van der Waals surface area (Å²) in [4.78, 5) is 12.3. The maximum absolute atomic E-state index is 13.5. The van der Waals surface area contributed by atoms with E-state index in [1.807, 2.05) is 13.8 Å². The zero-order valence-corrected chi connectivity index (χ0v) is 14.1. The molecule has 2 N–H and O–H groups in total. The number of aromatic nitrogens is 4. The number of ketones is 1. The van der Waals surface area contributed by atoms with E-state index >= 15 is 0 Å². The van der Waals surface area contributed by atoms with Crippen LogP contribution in [0.2, 0.25) is 0 Å². The maximum atomic E-state index is 13.5. The summed E-state index contributed by atoms with van der Waals surface area (Å²) in [6, 6.07) is 1.49. The van der Waals surface area contributed by atoms with Crippen LogP contribution in [-0.2, 0) is 18.0 Å². The molecule has 9 heteroatoms. The molecule has 0 saturated carbocycles. The first-order valence-electron chi connectivity index (χ1n) is 7.72. The fourth-order valence-corrected chi connectivity index (χ4v) is 2.91. The van der Waals surface area contributed by atoms with Gasteiger partial charge in [-0.25, -0.2) is 0 Å². The Morgan fingerprint density at radius 3 is 2.52 bits per heavy atom. The molecule has 0 amide bonds. The summed E-state index contributed by atoms with van der Waals surface area (Å²) in [6.45, 7) is 3.73. The zero-order chi connectivity index (χ0) is 18.6. The molecule has 134 valence electrons. The van der Waals surface area contributed by atoms with Gasteiger partial charge in [0.05, 0.1) is 5.56 Å². The van der Waals surface area contributed by atoms with E-state index in [1.165, 1.54) is 10.7 Å². The summed E-state index contributed by atoms with van der Waals surface area (Å²) in [5, 5.41) is 7.66. The van der Waals surface area contributed by atoms with Crippen LogP contribution in [0.1, 0.15) is 37.9 Å². The molecule has 2 aromatic heterocycles. The third-order valence-corrected chi connectivity index (χ3v) is 4.21. The number of carbonyl (C=O) groups is 1. The third-order valence-electron chi connectivity index (χ3n) is 4.21. The average molecular weight is 353 g/mol. The molecule has 1 aliphatic rings. The van der Waals surface area contributed by atoms with E-state index in [0.29, 0.717) is 6.42 Å². The van der Waals surface area contributed by atoms with Crippen molar-refractivity contribution in [2.75, 3.05) is 5.73 Å². The van der Waals surface area contributed by atoms with Crippen molar-refractivity contribution in [2.45, 2.75) is 32.9 Å². The Labute approximate surface area is 142 Å². The number of hydrogen-bond donors (Lipinski definition) is 1. The second kappa shape index (κ2) is 5.47. The Kier molecular flexibility index (Phi) is 3.77. The van der Waals surface area contributed by atoms with Crippen LogP contribution >= 0.6 is 0 Å². The van der Waals surface area contributed by atoms with Gasteiger partial charge in [-0.05, 0) is 11.8 Å². The number of rotatable bonds is 2. The first-order chi connectivity index (χ1) is 11.5. The van der Waals surface area contributed by atoms with Gasteiger partial charge in [0.25, 0.3) is 0 Å². The van der Waals surface area contributed by atoms with E-state index in [0.717, 1.165) is 4.68 Å². The second-order valence-corrected chi connectivity index (χ2v) is 6.84. The topological polar surface area (TPSA) is 78.7 Å². The van der Waals surface area contributed by atoms with Gasteiger partial charge in [0, 0.05) is 31.3 Å². The molecule has 0 aromatic carbocycles.